The van der Waals surface area contributed by atoms with E-state index in [0.29, 0.717) is 17.9 Å². The number of fused-ring (bicyclic) bond motifs is 1. The van der Waals surface area contributed by atoms with E-state index in [4.69, 9.17) is 19.5 Å². The van der Waals surface area contributed by atoms with Crippen molar-refractivity contribution in [3.8, 4) is 11.8 Å². The number of hydrogen-bond acceptors (Lipinski definition) is 5. The largest absolute Gasteiger partial charge is 0.489 e. The van der Waals surface area contributed by atoms with E-state index >= 15 is 0 Å². The third-order valence-corrected chi connectivity index (χ3v) is 5.24. The summed E-state index contributed by atoms with van der Waals surface area (Å²) < 4.78 is 11.1. The van der Waals surface area contributed by atoms with Crippen LogP contribution in [-0.2, 0) is 31.0 Å². The summed E-state index contributed by atoms with van der Waals surface area (Å²) in [5, 5.41) is 18.1. The third kappa shape index (κ3) is 4.70. The Kier molecular flexibility index (Phi) is 5.82. The molecule has 1 N–H and O–H groups in total. The van der Waals surface area contributed by atoms with Gasteiger partial charge in [-0.1, -0.05) is 36.4 Å². The van der Waals surface area contributed by atoms with Crippen molar-refractivity contribution in [2.75, 3.05) is 0 Å². The minimum Gasteiger partial charge on any atom is -0.489 e. The molecule has 0 saturated heterocycles. The quantitative estimate of drug-likeness (QED) is 0.599. The number of rotatable bonds is 8. The van der Waals surface area contributed by atoms with Crippen LogP contribution in [0.1, 0.15) is 40.2 Å². The maximum Gasteiger partial charge on any atom is 0.305 e. The first kappa shape index (κ1) is 19.7. The molecule has 0 radical (unpaired) electrons. The average molecular weight is 402 g/mol. The summed E-state index contributed by atoms with van der Waals surface area (Å²) in [6, 6.07) is 17.4. The van der Waals surface area contributed by atoms with Crippen LogP contribution in [0, 0.1) is 11.3 Å². The first-order valence-electron chi connectivity index (χ1n) is 9.79. The SMILES string of the molecule is N#CC(CC(=O)O)c1ccc(OCc2cccc(CN3Cc4cocc4C3)c2)cc1. The summed E-state index contributed by atoms with van der Waals surface area (Å²) in [6.07, 6.45) is 3.44. The van der Waals surface area contributed by atoms with Crippen LogP contribution < -0.4 is 4.74 Å². The fourth-order valence-corrected chi connectivity index (χ4v) is 3.73. The Labute approximate surface area is 174 Å². The smallest absolute Gasteiger partial charge is 0.305 e. The van der Waals surface area contributed by atoms with E-state index in [1.54, 1.807) is 24.3 Å². The number of nitrogens with zero attached hydrogens (tertiary/aromatic N) is 2. The molecule has 0 bridgehead atoms. The van der Waals surface area contributed by atoms with E-state index < -0.39 is 11.9 Å². The van der Waals surface area contributed by atoms with Crippen molar-refractivity contribution in [2.24, 2.45) is 0 Å². The highest BCUT2D eigenvalue weighted by Gasteiger charge is 2.20. The molecule has 1 unspecified atom stereocenters. The number of hydrogen-bond donors (Lipinski definition) is 1. The zero-order chi connectivity index (χ0) is 20.9. The standard InChI is InChI=1S/C24H22N2O4/c25-10-20(9-24(27)28)19-4-6-23(7-5-19)30-14-18-3-1-2-17(8-18)11-26-12-21-15-29-16-22(21)13-26/h1-8,15-16,20H,9,11-14H2,(H,27,28). The predicted octanol–water partition coefficient (Wildman–Crippen LogP) is 4.46. The highest BCUT2D eigenvalue weighted by Crippen LogP contribution is 2.26. The summed E-state index contributed by atoms with van der Waals surface area (Å²) in [5.74, 6) is -0.959. The molecule has 30 heavy (non-hydrogen) atoms. The van der Waals surface area contributed by atoms with Crippen molar-refractivity contribution in [3.63, 3.8) is 0 Å². The number of nitriles is 1. The molecule has 4 rings (SSSR count). The van der Waals surface area contributed by atoms with Crippen LogP contribution in [0.15, 0.2) is 65.5 Å². The van der Waals surface area contributed by atoms with Gasteiger partial charge in [0.05, 0.1) is 30.9 Å². The van der Waals surface area contributed by atoms with Crippen molar-refractivity contribution < 1.29 is 19.1 Å². The zero-order valence-corrected chi connectivity index (χ0v) is 16.5. The van der Waals surface area contributed by atoms with Gasteiger partial charge in [0.2, 0.25) is 0 Å². The van der Waals surface area contributed by atoms with E-state index in [-0.39, 0.29) is 6.42 Å². The number of furan rings is 1. The molecule has 0 amide bonds. The Balaban J connectivity index is 1.33. The van der Waals surface area contributed by atoms with Crippen LogP contribution in [-0.4, -0.2) is 16.0 Å². The van der Waals surface area contributed by atoms with Gasteiger partial charge in [0.25, 0.3) is 0 Å². The summed E-state index contributed by atoms with van der Waals surface area (Å²) >= 11 is 0. The van der Waals surface area contributed by atoms with Crippen LogP contribution in [0.4, 0.5) is 0 Å². The Morgan fingerprint density at radius 2 is 1.83 bits per heavy atom. The van der Waals surface area contributed by atoms with Gasteiger partial charge in [-0.2, -0.15) is 5.26 Å². The van der Waals surface area contributed by atoms with Gasteiger partial charge in [0.15, 0.2) is 0 Å². The Hall–Kier alpha value is -3.56. The van der Waals surface area contributed by atoms with Crippen LogP contribution in [0.3, 0.4) is 0 Å². The monoisotopic (exact) mass is 402 g/mol. The first-order valence-corrected chi connectivity index (χ1v) is 9.79. The van der Waals surface area contributed by atoms with E-state index in [0.717, 1.165) is 25.2 Å². The van der Waals surface area contributed by atoms with Crippen LogP contribution >= 0.6 is 0 Å². The molecule has 152 valence electrons. The molecule has 2 aromatic carbocycles. The van der Waals surface area contributed by atoms with E-state index in [9.17, 15) is 4.79 Å². The number of carboxylic acids is 1. The summed E-state index contributed by atoms with van der Waals surface area (Å²) in [4.78, 5) is 13.2. The average Bonchev–Trinajstić information content (AvgIpc) is 3.33. The van der Waals surface area contributed by atoms with Crippen LogP contribution in [0.25, 0.3) is 0 Å². The number of carboxylic acid groups (broad SMARTS) is 1. The van der Waals surface area contributed by atoms with Crippen molar-refractivity contribution in [3.05, 3.63) is 88.9 Å². The van der Waals surface area contributed by atoms with E-state index in [1.807, 2.05) is 30.7 Å². The molecule has 6 heteroatoms. The second kappa shape index (κ2) is 8.85. The minimum atomic E-state index is -0.985. The molecule has 0 aliphatic carbocycles. The predicted molar refractivity (Wildman–Crippen MR) is 109 cm³/mol. The van der Waals surface area contributed by atoms with Crippen molar-refractivity contribution in [2.45, 2.75) is 38.6 Å². The van der Waals surface area contributed by atoms with Gasteiger partial charge in [0, 0.05) is 30.8 Å². The normalized spacial score (nSPS) is 14.1. The molecule has 6 nitrogen and oxygen atoms in total. The Morgan fingerprint density at radius 3 is 2.50 bits per heavy atom. The summed E-state index contributed by atoms with van der Waals surface area (Å²) in [6.45, 7) is 3.12. The van der Waals surface area contributed by atoms with Crippen molar-refractivity contribution >= 4 is 5.97 Å². The Bertz CT molecular complexity index is 1040. The van der Waals surface area contributed by atoms with Gasteiger partial charge < -0.3 is 14.3 Å². The summed E-state index contributed by atoms with van der Waals surface area (Å²) in [7, 11) is 0. The fraction of sp³-hybridized carbons (Fsp3) is 0.250. The molecule has 0 fully saturated rings. The molecular weight excluding hydrogens is 380 g/mol. The zero-order valence-electron chi connectivity index (χ0n) is 16.5. The molecule has 0 saturated carbocycles. The van der Waals surface area contributed by atoms with Gasteiger partial charge in [-0.25, -0.2) is 0 Å². The lowest BCUT2D eigenvalue weighted by molar-refractivity contribution is -0.137. The molecule has 1 atom stereocenters. The van der Waals surface area contributed by atoms with Gasteiger partial charge in [-0.15, -0.1) is 0 Å². The lowest BCUT2D eigenvalue weighted by atomic mass is 9.97. The Morgan fingerprint density at radius 1 is 1.13 bits per heavy atom. The molecular formula is C24H22N2O4. The van der Waals surface area contributed by atoms with E-state index in [2.05, 4.69) is 17.0 Å². The molecule has 1 aliphatic heterocycles. The number of benzene rings is 2. The minimum absolute atomic E-state index is 0.206. The molecule has 1 aromatic heterocycles. The highest BCUT2D eigenvalue weighted by atomic mass is 16.5. The lowest BCUT2D eigenvalue weighted by Crippen LogP contribution is -2.16. The highest BCUT2D eigenvalue weighted by molar-refractivity contribution is 5.68. The first-order chi connectivity index (χ1) is 14.6. The number of ether oxygens (including phenoxy) is 1. The van der Waals surface area contributed by atoms with Crippen LogP contribution in [0.5, 0.6) is 5.75 Å². The molecule has 1 aliphatic rings. The third-order valence-electron chi connectivity index (χ3n) is 5.24. The van der Waals surface area contributed by atoms with Crippen molar-refractivity contribution in [1.82, 2.24) is 4.90 Å². The topological polar surface area (TPSA) is 86.7 Å². The number of carbonyl (C=O) groups is 1. The van der Waals surface area contributed by atoms with E-state index in [1.165, 1.54) is 16.7 Å². The van der Waals surface area contributed by atoms with Crippen molar-refractivity contribution in [1.29, 1.82) is 5.26 Å². The maximum atomic E-state index is 10.9. The maximum absolute atomic E-state index is 10.9. The lowest BCUT2D eigenvalue weighted by Gasteiger charge is -2.16. The van der Waals surface area contributed by atoms with Crippen LogP contribution in [0.2, 0.25) is 0 Å². The van der Waals surface area contributed by atoms with Gasteiger partial charge in [-0.05, 0) is 28.8 Å². The molecule has 3 aromatic rings. The van der Waals surface area contributed by atoms with Gasteiger partial charge in [-0.3, -0.25) is 9.69 Å². The molecule has 2 heterocycles. The summed E-state index contributed by atoms with van der Waals surface area (Å²) in [5.41, 5.74) is 5.53. The second-order valence-electron chi connectivity index (χ2n) is 7.52. The van der Waals surface area contributed by atoms with Gasteiger partial charge in [0.1, 0.15) is 12.4 Å². The second-order valence-corrected chi connectivity index (χ2v) is 7.52. The fourth-order valence-electron chi connectivity index (χ4n) is 3.73. The molecule has 0 spiro atoms. The number of aliphatic carboxylic acids is 1. The van der Waals surface area contributed by atoms with Gasteiger partial charge >= 0.3 is 5.97 Å².